The molecule has 0 fully saturated rings. The number of fused-ring (bicyclic) bond motifs is 1. The van der Waals surface area contributed by atoms with Crippen molar-refractivity contribution in [2.24, 2.45) is 0 Å². The first-order chi connectivity index (χ1) is 12.3. The zero-order valence-corrected chi connectivity index (χ0v) is 15.5. The van der Waals surface area contributed by atoms with Crippen LogP contribution in [0.15, 0.2) is 47.4 Å². The van der Waals surface area contributed by atoms with Crippen molar-refractivity contribution in [1.29, 1.82) is 0 Å². The van der Waals surface area contributed by atoms with Gasteiger partial charge in [-0.15, -0.1) is 0 Å². The standard InChI is InChI=1S/C17H15ClN4O3S/c1-10-9-11(2)20-16(19-10)21-17(23)22-26(24,25)15-13-6-4-3-5-12(13)7-8-14(15)18/h3-9H,1-2H3,(H2,19,20,21,22,23). The lowest BCUT2D eigenvalue weighted by molar-refractivity contribution is 0.256. The highest BCUT2D eigenvalue weighted by atomic mass is 35.5. The van der Waals surface area contributed by atoms with E-state index in [9.17, 15) is 13.2 Å². The first-order valence-electron chi connectivity index (χ1n) is 7.59. The van der Waals surface area contributed by atoms with Gasteiger partial charge in [-0.05, 0) is 31.4 Å². The van der Waals surface area contributed by atoms with Gasteiger partial charge in [-0.3, -0.25) is 5.32 Å². The maximum atomic E-state index is 12.7. The van der Waals surface area contributed by atoms with E-state index in [1.165, 1.54) is 6.07 Å². The predicted octanol–water partition coefficient (Wildman–Crippen LogP) is 3.41. The van der Waals surface area contributed by atoms with E-state index in [0.29, 0.717) is 22.2 Å². The van der Waals surface area contributed by atoms with Crippen LogP contribution >= 0.6 is 11.6 Å². The fourth-order valence-corrected chi connectivity index (χ4v) is 4.24. The summed E-state index contributed by atoms with van der Waals surface area (Å²) in [6.45, 7) is 3.48. The van der Waals surface area contributed by atoms with Crippen molar-refractivity contribution in [3.05, 3.63) is 58.9 Å². The Balaban J connectivity index is 1.92. The number of nitrogens with zero attached hydrogens (tertiary/aromatic N) is 2. The van der Waals surface area contributed by atoms with Crippen LogP contribution in [0.25, 0.3) is 10.8 Å². The quantitative estimate of drug-likeness (QED) is 0.713. The molecule has 0 atom stereocenters. The van der Waals surface area contributed by atoms with E-state index in [2.05, 4.69) is 15.3 Å². The molecule has 0 saturated carbocycles. The first kappa shape index (κ1) is 18.1. The maximum Gasteiger partial charge on any atom is 0.335 e. The van der Waals surface area contributed by atoms with Gasteiger partial charge in [0, 0.05) is 16.8 Å². The molecule has 3 rings (SSSR count). The van der Waals surface area contributed by atoms with Crippen molar-refractivity contribution in [2.45, 2.75) is 18.7 Å². The predicted molar refractivity (Wildman–Crippen MR) is 99.8 cm³/mol. The highest BCUT2D eigenvalue weighted by molar-refractivity contribution is 7.90. The molecule has 2 aromatic carbocycles. The molecule has 0 aliphatic heterocycles. The van der Waals surface area contributed by atoms with Gasteiger partial charge in [0.2, 0.25) is 5.95 Å². The third-order valence-corrected chi connectivity index (χ3v) is 5.39. The number of halogens is 1. The average molecular weight is 391 g/mol. The van der Waals surface area contributed by atoms with E-state index >= 15 is 0 Å². The van der Waals surface area contributed by atoms with Gasteiger partial charge < -0.3 is 0 Å². The van der Waals surface area contributed by atoms with Crippen LogP contribution in [0.5, 0.6) is 0 Å². The van der Waals surface area contributed by atoms with Gasteiger partial charge in [-0.1, -0.05) is 41.9 Å². The molecule has 3 aromatic rings. The summed E-state index contributed by atoms with van der Waals surface area (Å²) in [4.78, 5) is 20.1. The van der Waals surface area contributed by atoms with Crippen LogP contribution in [0, 0.1) is 13.8 Å². The van der Waals surface area contributed by atoms with Crippen LogP contribution in [-0.4, -0.2) is 24.4 Å². The summed E-state index contributed by atoms with van der Waals surface area (Å²) >= 11 is 6.10. The van der Waals surface area contributed by atoms with Crippen molar-refractivity contribution >= 4 is 44.4 Å². The van der Waals surface area contributed by atoms with Gasteiger partial charge in [0.25, 0.3) is 10.0 Å². The number of hydrogen-bond donors (Lipinski definition) is 2. The van der Waals surface area contributed by atoms with Crippen molar-refractivity contribution in [3.63, 3.8) is 0 Å². The van der Waals surface area contributed by atoms with Gasteiger partial charge in [-0.2, -0.15) is 0 Å². The van der Waals surface area contributed by atoms with E-state index in [4.69, 9.17) is 11.6 Å². The molecule has 0 aliphatic carbocycles. The third kappa shape index (κ3) is 3.76. The lowest BCUT2D eigenvalue weighted by Gasteiger charge is -2.12. The number of carbonyl (C=O) groups excluding carboxylic acids is 1. The number of aryl methyl sites for hydroxylation is 2. The monoisotopic (exact) mass is 390 g/mol. The second-order valence-corrected chi connectivity index (χ2v) is 7.66. The number of aromatic nitrogens is 2. The van der Waals surface area contributed by atoms with E-state index in [0.717, 1.165) is 0 Å². The molecule has 134 valence electrons. The highest BCUT2D eigenvalue weighted by Crippen LogP contribution is 2.30. The minimum Gasteiger partial charge on any atom is -0.275 e. The SMILES string of the molecule is Cc1cc(C)nc(NC(=O)NS(=O)(=O)c2c(Cl)ccc3ccccc23)n1. The maximum absolute atomic E-state index is 12.7. The van der Waals surface area contributed by atoms with E-state index in [1.807, 2.05) is 4.72 Å². The second kappa shape index (κ2) is 6.89. The molecule has 9 heteroatoms. The Morgan fingerprint density at radius 3 is 2.38 bits per heavy atom. The Hall–Kier alpha value is -2.71. The molecular formula is C17H15ClN4O3S. The number of urea groups is 1. The summed E-state index contributed by atoms with van der Waals surface area (Å²) in [5.74, 6) is 0.0132. The van der Waals surface area contributed by atoms with Crippen LogP contribution in [0.2, 0.25) is 5.02 Å². The molecule has 1 aromatic heterocycles. The number of amides is 2. The number of nitrogens with one attached hydrogen (secondary N) is 2. The molecule has 0 saturated heterocycles. The van der Waals surface area contributed by atoms with Crippen molar-refractivity contribution in [2.75, 3.05) is 5.32 Å². The normalized spacial score (nSPS) is 11.3. The molecule has 2 N–H and O–H groups in total. The van der Waals surface area contributed by atoms with Gasteiger partial charge in [0.15, 0.2) is 0 Å². The summed E-state index contributed by atoms with van der Waals surface area (Å²) in [5.41, 5.74) is 1.29. The summed E-state index contributed by atoms with van der Waals surface area (Å²) in [6.07, 6.45) is 0. The van der Waals surface area contributed by atoms with E-state index in [1.54, 1.807) is 50.2 Å². The average Bonchev–Trinajstić information content (AvgIpc) is 2.52. The zero-order chi connectivity index (χ0) is 18.9. The Kier molecular flexibility index (Phi) is 4.80. The van der Waals surface area contributed by atoms with Crippen molar-refractivity contribution in [1.82, 2.24) is 14.7 Å². The van der Waals surface area contributed by atoms with Gasteiger partial charge in [-0.25, -0.2) is 27.9 Å². The molecule has 0 radical (unpaired) electrons. The van der Waals surface area contributed by atoms with Crippen LogP contribution in [0.3, 0.4) is 0 Å². The molecule has 0 spiro atoms. The first-order valence-corrected chi connectivity index (χ1v) is 9.46. The van der Waals surface area contributed by atoms with Crippen LogP contribution < -0.4 is 10.0 Å². The fourth-order valence-electron chi connectivity index (χ4n) is 2.57. The molecule has 0 unspecified atom stereocenters. The third-order valence-electron chi connectivity index (χ3n) is 3.53. The lowest BCUT2D eigenvalue weighted by Crippen LogP contribution is -2.35. The minimum absolute atomic E-state index is 0.0132. The Morgan fingerprint density at radius 2 is 1.69 bits per heavy atom. The highest BCUT2D eigenvalue weighted by Gasteiger charge is 2.24. The topological polar surface area (TPSA) is 101 Å². The molecular weight excluding hydrogens is 376 g/mol. The van der Waals surface area contributed by atoms with Gasteiger partial charge in [0.05, 0.1) is 5.02 Å². The number of anilines is 1. The Morgan fingerprint density at radius 1 is 1.04 bits per heavy atom. The molecule has 7 nitrogen and oxygen atoms in total. The molecule has 1 heterocycles. The number of hydrogen-bond acceptors (Lipinski definition) is 5. The molecule has 0 bridgehead atoms. The Bertz CT molecular complexity index is 1100. The summed E-state index contributed by atoms with van der Waals surface area (Å²) in [7, 11) is -4.21. The minimum atomic E-state index is -4.21. The number of rotatable bonds is 3. The molecule has 0 aliphatic rings. The van der Waals surface area contributed by atoms with Crippen molar-refractivity contribution in [3.8, 4) is 0 Å². The lowest BCUT2D eigenvalue weighted by atomic mass is 10.1. The summed E-state index contributed by atoms with van der Waals surface area (Å²) < 4.78 is 27.4. The van der Waals surface area contributed by atoms with Gasteiger partial charge in [0.1, 0.15) is 4.90 Å². The van der Waals surface area contributed by atoms with Crippen LogP contribution in [0.4, 0.5) is 10.7 Å². The fraction of sp³-hybridized carbons (Fsp3) is 0.118. The Labute approximate surface area is 155 Å². The van der Waals surface area contributed by atoms with E-state index < -0.39 is 16.1 Å². The molecule has 2 amide bonds. The smallest absolute Gasteiger partial charge is 0.275 e. The van der Waals surface area contributed by atoms with Crippen LogP contribution in [-0.2, 0) is 10.0 Å². The second-order valence-electron chi connectivity index (χ2n) is 5.63. The zero-order valence-electron chi connectivity index (χ0n) is 13.9. The van der Waals surface area contributed by atoms with Crippen LogP contribution in [0.1, 0.15) is 11.4 Å². The van der Waals surface area contributed by atoms with Crippen molar-refractivity contribution < 1.29 is 13.2 Å². The molecule has 26 heavy (non-hydrogen) atoms. The summed E-state index contributed by atoms with van der Waals surface area (Å²) in [6, 6.07) is 10.8. The number of sulfonamides is 1. The largest absolute Gasteiger partial charge is 0.335 e. The number of benzene rings is 2. The summed E-state index contributed by atoms with van der Waals surface area (Å²) in [5, 5.41) is 3.45. The number of carbonyl (C=O) groups is 1. The van der Waals surface area contributed by atoms with E-state index in [-0.39, 0.29) is 15.9 Å². The van der Waals surface area contributed by atoms with Gasteiger partial charge >= 0.3 is 6.03 Å².